The fourth-order valence-corrected chi connectivity index (χ4v) is 2.43. The van der Waals surface area contributed by atoms with E-state index >= 15 is 0 Å². The van der Waals surface area contributed by atoms with Gasteiger partial charge in [0.1, 0.15) is 17.2 Å². The number of hydrogen-bond donors (Lipinski definition) is 1. The first-order valence-corrected chi connectivity index (χ1v) is 8.95. The Kier molecular flexibility index (Phi) is 8.42. The fourth-order valence-electron chi connectivity index (χ4n) is 2.26. The summed E-state index contributed by atoms with van der Waals surface area (Å²) in [5.74, 6) is 0.920. The summed E-state index contributed by atoms with van der Waals surface area (Å²) in [6.45, 7) is -0.0405. The van der Waals surface area contributed by atoms with Crippen molar-refractivity contribution in [1.29, 1.82) is 0 Å². The monoisotopic (exact) mass is 407 g/mol. The van der Waals surface area contributed by atoms with E-state index in [1.807, 2.05) is 0 Å². The summed E-state index contributed by atoms with van der Waals surface area (Å²) in [7, 11) is 3.07. The number of ether oxygens (including phenoxy) is 4. The number of anilines is 1. The zero-order chi connectivity index (χ0) is 20.4. The van der Waals surface area contributed by atoms with Gasteiger partial charge in [0.15, 0.2) is 6.61 Å². The van der Waals surface area contributed by atoms with Crippen LogP contribution < -0.4 is 19.5 Å². The Morgan fingerprint density at radius 1 is 1.00 bits per heavy atom. The van der Waals surface area contributed by atoms with Gasteiger partial charge in [-0.05, 0) is 48.9 Å². The topological polar surface area (TPSA) is 83.1 Å². The molecule has 2 rings (SSSR count). The molecule has 8 heteroatoms. The minimum Gasteiger partial charge on any atom is -0.497 e. The molecule has 2 aromatic rings. The van der Waals surface area contributed by atoms with Gasteiger partial charge < -0.3 is 24.3 Å². The van der Waals surface area contributed by atoms with Crippen LogP contribution in [0.5, 0.6) is 17.2 Å². The van der Waals surface area contributed by atoms with Gasteiger partial charge in [-0.25, -0.2) is 0 Å². The number of halogens is 1. The van der Waals surface area contributed by atoms with Gasteiger partial charge in [-0.1, -0.05) is 11.6 Å². The van der Waals surface area contributed by atoms with E-state index in [1.54, 1.807) is 49.6 Å². The molecule has 0 heterocycles. The van der Waals surface area contributed by atoms with Gasteiger partial charge in [0.05, 0.1) is 26.5 Å². The summed E-state index contributed by atoms with van der Waals surface area (Å²) >= 11 is 5.90. The molecule has 0 saturated heterocycles. The molecule has 0 aliphatic heterocycles. The molecule has 0 spiro atoms. The molecule has 28 heavy (non-hydrogen) atoms. The Balaban J connectivity index is 1.66. The smallest absolute Gasteiger partial charge is 0.306 e. The first kappa shape index (κ1) is 21.4. The van der Waals surface area contributed by atoms with Gasteiger partial charge in [-0.3, -0.25) is 9.59 Å². The normalized spacial score (nSPS) is 10.1. The van der Waals surface area contributed by atoms with E-state index < -0.39 is 18.5 Å². The number of carbonyl (C=O) groups excluding carboxylic acids is 2. The van der Waals surface area contributed by atoms with Gasteiger partial charge in [0.25, 0.3) is 5.91 Å². The summed E-state index contributed by atoms with van der Waals surface area (Å²) in [4.78, 5) is 23.7. The molecule has 0 saturated carbocycles. The zero-order valence-corrected chi connectivity index (χ0v) is 16.5. The summed E-state index contributed by atoms with van der Waals surface area (Å²) < 4.78 is 20.7. The third-order valence-electron chi connectivity index (χ3n) is 3.65. The Morgan fingerprint density at radius 2 is 1.71 bits per heavy atom. The third-order valence-corrected chi connectivity index (χ3v) is 3.89. The van der Waals surface area contributed by atoms with E-state index in [4.69, 9.17) is 30.5 Å². The zero-order valence-electron chi connectivity index (χ0n) is 15.7. The summed E-state index contributed by atoms with van der Waals surface area (Å²) in [5.41, 5.74) is 0.406. The summed E-state index contributed by atoms with van der Waals surface area (Å²) in [6, 6.07) is 12.0. The van der Waals surface area contributed by atoms with Crippen molar-refractivity contribution >= 4 is 29.2 Å². The number of methoxy groups -OCH3 is 2. The number of rotatable bonds is 10. The van der Waals surface area contributed by atoms with Gasteiger partial charge in [-0.15, -0.1) is 0 Å². The van der Waals surface area contributed by atoms with Crippen molar-refractivity contribution in [3.63, 3.8) is 0 Å². The van der Waals surface area contributed by atoms with Crippen LogP contribution in [0.1, 0.15) is 12.8 Å². The number of amides is 1. The number of nitrogens with one attached hydrogen (secondary N) is 1. The van der Waals surface area contributed by atoms with Crippen LogP contribution in [0.25, 0.3) is 0 Å². The van der Waals surface area contributed by atoms with Crippen molar-refractivity contribution in [3.05, 3.63) is 47.5 Å². The molecule has 0 atom stereocenters. The molecule has 7 nitrogen and oxygen atoms in total. The van der Waals surface area contributed by atoms with E-state index in [2.05, 4.69) is 5.32 Å². The van der Waals surface area contributed by atoms with Crippen LogP contribution in [0.15, 0.2) is 42.5 Å². The van der Waals surface area contributed by atoms with Crippen molar-refractivity contribution in [2.75, 3.05) is 32.8 Å². The van der Waals surface area contributed by atoms with Crippen LogP contribution in [-0.2, 0) is 14.3 Å². The molecule has 1 amide bonds. The van der Waals surface area contributed by atoms with Gasteiger partial charge in [0.2, 0.25) is 0 Å². The molecule has 0 radical (unpaired) electrons. The second kappa shape index (κ2) is 11.0. The molecule has 0 unspecified atom stereocenters. The largest absolute Gasteiger partial charge is 0.497 e. The van der Waals surface area contributed by atoms with E-state index in [-0.39, 0.29) is 6.42 Å². The van der Waals surface area contributed by atoms with E-state index in [9.17, 15) is 9.59 Å². The molecule has 0 aliphatic rings. The third kappa shape index (κ3) is 7.00. The van der Waals surface area contributed by atoms with Crippen LogP contribution in [0.4, 0.5) is 5.69 Å². The minimum absolute atomic E-state index is 0.143. The Labute approximate surface area is 168 Å². The van der Waals surface area contributed by atoms with Crippen molar-refractivity contribution in [2.45, 2.75) is 12.8 Å². The van der Waals surface area contributed by atoms with Gasteiger partial charge in [0, 0.05) is 11.4 Å². The SMILES string of the molecule is COc1ccc(OCCCC(=O)OCC(=O)Nc2cc(Cl)ccc2OC)cc1. The first-order chi connectivity index (χ1) is 13.5. The molecular formula is C20H22ClNO6. The number of carbonyl (C=O) groups is 2. The number of benzene rings is 2. The predicted octanol–water partition coefficient (Wildman–Crippen LogP) is 3.70. The van der Waals surface area contributed by atoms with Crippen LogP contribution in [-0.4, -0.2) is 39.3 Å². The molecule has 0 fully saturated rings. The fraction of sp³-hybridized carbons (Fsp3) is 0.300. The standard InChI is InChI=1S/C20H22ClNO6/c1-25-15-6-8-16(9-7-15)27-11-3-4-20(24)28-13-19(23)22-17-12-14(21)5-10-18(17)26-2/h5-10,12H,3-4,11,13H2,1-2H3,(H,22,23). The second-order valence-electron chi connectivity index (χ2n) is 5.68. The lowest BCUT2D eigenvalue weighted by Crippen LogP contribution is -2.21. The molecule has 0 aliphatic carbocycles. The molecule has 1 N–H and O–H groups in total. The summed E-state index contributed by atoms with van der Waals surface area (Å²) in [5, 5.41) is 3.04. The maximum atomic E-state index is 11.9. The minimum atomic E-state index is -0.483. The first-order valence-electron chi connectivity index (χ1n) is 8.57. The maximum Gasteiger partial charge on any atom is 0.306 e. The molecule has 150 valence electrons. The molecule has 0 bridgehead atoms. The number of hydrogen-bond acceptors (Lipinski definition) is 6. The maximum absolute atomic E-state index is 11.9. The van der Waals surface area contributed by atoms with E-state index in [0.29, 0.717) is 35.2 Å². The highest BCUT2D eigenvalue weighted by Gasteiger charge is 2.11. The lowest BCUT2D eigenvalue weighted by molar-refractivity contribution is -0.147. The van der Waals surface area contributed by atoms with Crippen LogP contribution in [0, 0.1) is 0 Å². The summed E-state index contributed by atoms with van der Waals surface area (Å²) in [6.07, 6.45) is 0.610. The predicted molar refractivity (Wildman–Crippen MR) is 105 cm³/mol. The number of esters is 1. The average molecular weight is 408 g/mol. The van der Waals surface area contributed by atoms with E-state index in [0.717, 1.165) is 5.75 Å². The molecule has 0 aromatic heterocycles. The van der Waals surface area contributed by atoms with Gasteiger partial charge >= 0.3 is 5.97 Å². The van der Waals surface area contributed by atoms with Crippen LogP contribution >= 0.6 is 11.6 Å². The van der Waals surface area contributed by atoms with Crippen molar-refractivity contribution in [2.24, 2.45) is 0 Å². The highest BCUT2D eigenvalue weighted by molar-refractivity contribution is 6.31. The van der Waals surface area contributed by atoms with Crippen molar-refractivity contribution < 1.29 is 28.5 Å². The lowest BCUT2D eigenvalue weighted by Gasteiger charge is -2.11. The van der Waals surface area contributed by atoms with Crippen molar-refractivity contribution in [3.8, 4) is 17.2 Å². The highest BCUT2D eigenvalue weighted by atomic mass is 35.5. The Bertz CT molecular complexity index is 794. The van der Waals surface area contributed by atoms with E-state index in [1.165, 1.54) is 7.11 Å². The Hall–Kier alpha value is -2.93. The highest BCUT2D eigenvalue weighted by Crippen LogP contribution is 2.27. The van der Waals surface area contributed by atoms with Crippen LogP contribution in [0.3, 0.4) is 0 Å². The van der Waals surface area contributed by atoms with Crippen molar-refractivity contribution in [1.82, 2.24) is 0 Å². The second-order valence-corrected chi connectivity index (χ2v) is 6.12. The van der Waals surface area contributed by atoms with Gasteiger partial charge in [-0.2, -0.15) is 0 Å². The average Bonchev–Trinajstić information content (AvgIpc) is 2.70. The molecule has 2 aromatic carbocycles. The van der Waals surface area contributed by atoms with Crippen LogP contribution in [0.2, 0.25) is 5.02 Å². The Morgan fingerprint density at radius 3 is 2.39 bits per heavy atom. The quantitative estimate of drug-likeness (QED) is 0.477. The molecular weight excluding hydrogens is 386 g/mol. The lowest BCUT2D eigenvalue weighted by atomic mass is 10.3.